The van der Waals surface area contributed by atoms with E-state index in [4.69, 9.17) is 0 Å². The fourth-order valence-electron chi connectivity index (χ4n) is 2.92. The summed E-state index contributed by atoms with van der Waals surface area (Å²) in [5, 5.41) is 0. The number of sulfonamides is 1. The monoisotopic (exact) mass is 547 g/mol. The molecule has 0 amide bonds. The minimum absolute atomic E-state index is 0.161. The van der Waals surface area contributed by atoms with Gasteiger partial charge in [0, 0.05) is 11.0 Å². The van der Waals surface area contributed by atoms with Crippen LogP contribution in [0.2, 0.25) is 0 Å². The van der Waals surface area contributed by atoms with Crippen molar-refractivity contribution in [1.29, 1.82) is 0 Å². The molecule has 32 heavy (non-hydrogen) atoms. The van der Waals surface area contributed by atoms with Crippen molar-refractivity contribution in [2.45, 2.75) is 27.3 Å². The van der Waals surface area contributed by atoms with Crippen LogP contribution in [0, 0.1) is 0 Å². The van der Waals surface area contributed by atoms with Gasteiger partial charge in [0.2, 0.25) is 19.9 Å². The predicted octanol–water partition coefficient (Wildman–Crippen LogP) is 4.82. The SMILES string of the molecule is O=S(=O)(NCCc1ccc(Br)cc1)c1cc(S(=O)(=O)c2ccccc2)ccc1C(F)(F)F. The molecule has 1 N–H and O–H groups in total. The Morgan fingerprint density at radius 2 is 1.44 bits per heavy atom. The third-order valence-electron chi connectivity index (χ3n) is 4.53. The maximum absolute atomic E-state index is 13.5. The van der Waals surface area contributed by atoms with Gasteiger partial charge in [0.25, 0.3) is 0 Å². The quantitative estimate of drug-likeness (QED) is 0.459. The molecule has 5 nitrogen and oxygen atoms in total. The van der Waals surface area contributed by atoms with Gasteiger partial charge < -0.3 is 0 Å². The Labute approximate surface area is 192 Å². The van der Waals surface area contributed by atoms with Crippen LogP contribution in [0.4, 0.5) is 13.2 Å². The zero-order valence-corrected chi connectivity index (χ0v) is 19.5. The highest BCUT2D eigenvalue weighted by molar-refractivity contribution is 9.10. The van der Waals surface area contributed by atoms with Gasteiger partial charge in [-0.1, -0.05) is 46.3 Å². The van der Waals surface area contributed by atoms with Crippen LogP contribution in [0.25, 0.3) is 0 Å². The predicted molar refractivity (Wildman–Crippen MR) is 116 cm³/mol. The lowest BCUT2D eigenvalue weighted by Gasteiger charge is -2.16. The van der Waals surface area contributed by atoms with Crippen molar-refractivity contribution in [3.05, 3.63) is 88.4 Å². The van der Waals surface area contributed by atoms with E-state index in [0.717, 1.165) is 16.1 Å². The van der Waals surface area contributed by atoms with E-state index in [1.807, 2.05) is 0 Å². The van der Waals surface area contributed by atoms with Crippen molar-refractivity contribution in [2.75, 3.05) is 6.54 Å². The highest BCUT2D eigenvalue weighted by atomic mass is 79.9. The van der Waals surface area contributed by atoms with Gasteiger partial charge in [0.1, 0.15) is 0 Å². The second kappa shape index (κ2) is 9.34. The number of halogens is 4. The number of hydrogen-bond donors (Lipinski definition) is 1. The third kappa shape index (κ3) is 5.58. The Kier molecular flexibility index (Phi) is 7.13. The average Bonchev–Trinajstić information content (AvgIpc) is 2.74. The van der Waals surface area contributed by atoms with Crippen molar-refractivity contribution in [3.63, 3.8) is 0 Å². The fourth-order valence-corrected chi connectivity index (χ4v) is 5.85. The van der Waals surface area contributed by atoms with Crippen LogP contribution in [0.3, 0.4) is 0 Å². The lowest BCUT2D eigenvalue weighted by molar-refractivity contribution is -0.139. The lowest BCUT2D eigenvalue weighted by atomic mass is 10.2. The molecule has 3 aromatic carbocycles. The third-order valence-corrected chi connectivity index (χ3v) is 8.33. The van der Waals surface area contributed by atoms with Crippen LogP contribution in [0.1, 0.15) is 11.1 Å². The van der Waals surface area contributed by atoms with Crippen LogP contribution in [0.15, 0.2) is 92.0 Å². The molecule has 0 heterocycles. The number of hydrogen-bond acceptors (Lipinski definition) is 4. The summed E-state index contributed by atoms with van der Waals surface area (Å²) in [5.74, 6) is 0. The smallest absolute Gasteiger partial charge is 0.219 e. The first-order valence-corrected chi connectivity index (χ1v) is 12.9. The molecule has 0 bridgehead atoms. The molecule has 11 heteroatoms. The summed E-state index contributed by atoms with van der Waals surface area (Å²) in [6.07, 6.45) is -4.76. The fraction of sp³-hybridized carbons (Fsp3) is 0.143. The number of benzene rings is 3. The molecular formula is C21H17BrF3NO4S2. The molecule has 0 unspecified atom stereocenters. The van der Waals surface area contributed by atoms with Gasteiger partial charge in [-0.2, -0.15) is 13.2 Å². The van der Waals surface area contributed by atoms with Gasteiger partial charge in [-0.25, -0.2) is 21.6 Å². The molecule has 0 saturated carbocycles. The van der Waals surface area contributed by atoms with Crippen molar-refractivity contribution in [1.82, 2.24) is 4.72 Å². The molecule has 0 aliphatic rings. The second-order valence-corrected chi connectivity index (χ2v) is 11.3. The summed E-state index contributed by atoms with van der Waals surface area (Å²) in [7, 11) is -8.88. The standard InChI is InChI=1S/C21H17BrF3NO4S2/c22-16-8-6-15(7-9-16)12-13-26-32(29,30)20-14-18(10-11-19(20)21(23,24)25)31(27,28)17-4-2-1-3-5-17/h1-11,14,26H,12-13H2. The van der Waals surface area contributed by atoms with Gasteiger partial charge in [0.15, 0.2) is 0 Å². The molecule has 0 fully saturated rings. The molecular weight excluding hydrogens is 531 g/mol. The zero-order chi connectivity index (χ0) is 23.6. The summed E-state index contributed by atoms with van der Waals surface area (Å²) in [4.78, 5) is -1.85. The van der Waals surface area contributed by atoms with E-state index in [9.17, 15) is 30.0 Å². The van der Waals surface area contributed by atoms with E-state index in [0.29, 0.717) is 12.1 Å². The first-order chi connectivity index (χ1) is 14.9. The van der Waals surface area contributed by atoms with E-state index >= 15 is 0 Å². The van der Waals surface area contributed by atoms with Gasteiger partial charge in [-0.3, -0.25) is 0 Å². The molecule has 0 radical (unpaired) electrons. The Morgan fingerprint density at radius 3 is 2.03 bits per heavy atom. The van der Waals surface area contributed by atoms with Crippen molar-refractivity contribution >= 4 is 35.8 Å². The van der Waals surface area contributed by atoms with Crippen molar-refractivity contribution < 1.29 is 30.0 Å². The Hall–Kier alpha value is -2.21. The topological polar surface area (TPSA) is 80.3 Å². The minimum atomic E-state index is -5.00. The van der Waals surface area contributed by atoms with Crippen molar-refractivity contribution in [3.8, 4) is 0 Å². The number of rotatable bonds is 7. The number of sulfone groups is 1. The molecule has 3 aromatic rings. The highest BCUT2D eigenvalue weighted by Gasteiger charge is 2.38. The van der Waals surface area contributed by atoms with E-state index in [-0.39, 0.29) is 17.9 Å². The van der Waals surface area contributed by atoms with E-state index in [2.05, 4.69) is 20.7 Å². The van der Waals surface area contributed by atoms with Crippen LogP contribution >= 0.6 is 15.9 Å². The van der Waals surface area contributed by atoms with E-state index in [1.54, 1.807) is 30.3 Å². The normalized spacial score (nSPS) is 12.6. The molecule has 0 saturated heterocycles. The summed E-state index contributed by atoms with van der Waals surface area (Å²) in [5.41, 5.74) is -0.673. The summed E-state index contributed by atoms with van der Waals surface area (Å²) < 4.78 is 94.6. The van der Waals surface area contributed by atoms with Gasteiger partial charge in [-0.05, 0) is 54.4 Å². The average molecular weight is 548 g/mol. The van der Waals surface area contributed by atoms with Crippen LogP contribution in [-0.2, 0) is 32.5 Å². The summed E-state index contributed by atoms with van der Waals surface area (Å²) in [6, 6.07) is 15.8. The zero-order valence-electron chi connectivity index (χ0n) is 16.3. The van der Waals surface area contributed by atoms with Gasteiger partial charge in [0.05, 0.1) is 20.2 Å². The maximum Gasteiger partial charge on any atom is 0.417 e. The summed E-state index contributed by atoms with van der Waals surface area (Å²) in [6.45, 7) is -0.170. The second-order valence-electron chi connectivity index (χ2n) is 6.75. The largest absolute Gasteiger partial charge is 0.417 e. The Balaban J connectivity index is 1.97. The molecule has 0 atom stereocenters. The van der Waals surface area contributed by atoms with Gasteiger partial charge >= 0.3 is 6.18 Å². The van der Waals surface area contributed by atoms with Crippen molar-refractivity contribution in [2.24, 2.45) is 0 Å². The number of nitrogens with one attached hydrogen (secondary N) is 1. The van der Waals surface area contributed by atoms with E-state index in [1.165, 1.54) is 24.3 Å². The van der Waals surface area contributed by atoms with Crippen LogP contribution in [0.5, 0.6) is 0 Å². The minimum Gasteiger partial charge on any atom is -0.219 e. The van der Waals surface area contributed by atoms with Crippen LogP contribution < -0.4 is 4.72 Å². The first kappa shape index (κ1) is 24.4. The molecule has 0 spiro atoms. The lowest BCUT2D eigenvalue weighted by Crippen LogP contribution is -2.28. The molecule has 0 aliphatic carbocycles. The Morgan fingerprint density at radius 1 is 0.812 bits per heavy atom. The first-order valence-electron chi connectivity index (χ1n) is 9.17. The van der Waals surface area contributed by atoms with E-state index < -0.39 is 41.4 Å². The molecule has 0 aromatic heterocycles. The number of alkyl halides is 3. The molecule has 3 rings (SSSR count). The maximum atomic E-state index is 13.5. The molecule has 170 valence electrons. The Bertz CT molecular complexity index is 1310. The van der Waals surface area contributed by atoms with Crippen LogP contribution in [-0.4, -0.2) is 23.4 Å². The molecule has 0 aliphatic heterocycles. The summed E-state index contributed by atoms with van der Waals surface area (Å²) >= 11 is 3.27. The highest BCUT2D eigenvalue weighted by Crippen LogP contribution is 2.36. The van der Waals surface area contributed by atoms with Gasteiger partial charge in [-0.15, -0.1) is 0 Å².